The molecule has 1 aliphatic heterocycles. The molecule has 1 aliphatic rings. The summed E-state index contributed by atoms with van der Waals surface area (Å²) in [5.41, 5.74) is 8.68. The summed E-state index contributed by atoms with van der Waals surface area (Å²) < 4.78 is 19.6. The smallest absolute Gasteiger partial charge is 0.0989 e. The number of ether oxygens (including phenoxy) is 1. The molecule has 0 unspecified atom stereocenters. The van der Waals surface area contributed by atoms with E-state index in [1.54, 1.807) is 18.5 Å². The van der Waals surface area contributed by atoms with Gasteiger partial charge in [-0.15, -0.1) is 0 Å². The average molecular weight is 374 g/mol. The standard InChI is InChI=1S/C22H32FN3O/c1-5-17(2)7-6-8-18(3)16-27-12-10-20(23)13-19(4)22-15-25-14-21(24)9-11-26-22/h6-11,15,19,21H,2,5,12-14,16,24H2,1,3-4H3/b7-6-,11-9-,18-8+,20-10-,25-15-,26-22+/t19-,21-/m0/s1. The lowest BCUT2D eigenvalue weighted by molar-refractivity contribution is 0.185. The van der Waals surface area contributed by atoms with Crippen LogP contribution in [0, 0.1) is 5.92 Å². The van der Waals surface area contributed by atoms with Crippen LogP contribution in [0.2, 0.25) is 0 Å². The third-order valence-electron chi connectivity index (χ3n) is 4.02. The van der Waals surface area contributed by atoms with Gasteiger partial charge in [0.25, 0.3) is 0 Å². The van der Waals surface area contributed by atoms with Gasteiger partial charge in [0.15, 0.2) is 0 Å². The van der Waals surface area contributed by atoms with Gasteiger partial charge in [-0.05, 0) is 31.1 Å². The van der Waals surface area contributed by atoms with Crippen LogP contribution in [-0.4, -0.2) is 37.7 Å². The summed E-state index contributed by atoms with van der Waals surface area (Å²) in [5.74, 6) is -0.274. The number of rotatable bonds is 10. The van der Waals surface area contributed by atoms with Crippen molar-refractivity contribution in [1.82, 2.24) is 0 Å². The summed E-state index contributed by atoms with van der Waals surface area (Å²) >= 11 is 0. The molecule has 148 valence electrons. The van der Waals surface area contributed by atoms with Crippen LogP contribution in [-0.2, 0) is 4.74 Å². The zero-order chi connectivity index (χ0) is 20.1. The molecule has 27 heavy (non-hydrogen) atoms. The largest absolute Gasteiger partial charge is 0.373 e. The second-order valence-electron chi connectivity index (χ2n) is 6.71. The van der Waals surface area contributed by atoms with Crippen molar-refractivity contribution in [3.05, 3.63) is 60.1 Å². The molecule has 1 heterocycles. The van der Waals surface area contributed by atoms with Gasteiger partial charge in [-0.25, -0.2) is 4.39 Å². The Morgan fingerprint density at radius 1 is 1.52 bits per heavy atom. The first-order valence-corrected chi connectivity index (χ1v) is 9.36. The third kappa shape index (κ3) is 10.6. The van der Waals surface area contributed by atoms with Crippen molar-refractivity contribution in [2.45, 2.75) is 39.7 Å². The first kappa shape index (κ1) is 22.9. The molecule has 1 rings (SSSR count). The Hall–Kier alpha value is -2.11. The lowest BCUT2D eigenvalue weighted by Gasteiger charge is -2.12. The average Bonchev–Trinajstić information content (AvgIpc) is 2.61. The highest BCUT2D eigenvalue weighted by atomic mass is 19.1. The van der Waals surface area contributed by atoms with Crippen molar-refractivity contribution < 1.29 is 9.13 Å². The summed E-state index contributed by atoms with van der Waals surface area (Å²) in [6.45, 7) is 11.1. The minimum Gasteiger partial charge on any atom is -0.373 e. The van der Waals surface area contributed by atoms with E-state index in [0.29, 0.717) is 13.2 Å². The normalized spacial score (nSPS) is 24.0. The fourth-order valence-electron chi connectivity index (χ4n) is 2.22. The molecular weight excluding hydrogens is 341 g/mol. The van der Waals surface area contributed by atoms with Crippen LogP contribution in [0.4, 0.5) is 4.39 Å². The van der Waals surface area contributed by atoms with Crippen LogP contribution >= 0.6 is 0 Å². The lowest BCUT2D eigenvalue weighted by Crippen LogP contribution is -2.23. The molecule has 0 amide bonds. The van der Waals surface area contributed by atoms with Crippen LogP contribution in [0.5, 0.6) is 0 Å². The van der Waals surface area contributed by atoms with Gasteiger partial charge in [0.05, 0.1) is 31.3 Å². The summed E-state index contributed by atoms with van der Waals surface area (Å²) in [5, 5.41) is 0. The molecule has 0 aromatic carbocycles. The topological polar surface area (TPSA) is 60.0 Å². The molecule has 0 aromatic heterocycles. The van der Waals surface area contributed by atoms with Crippen molar-refractivity contribution in [3.63, 3.8) is 0 Å². The van der Waals surface area contributed by atoms with E-state index in [2.05, 4.69) is 23.5 Å². The molecule has 0 aliphatic carbocycles. The number of hydrogen-bond acceptors (Lipinski definition) is 4. The number of nitrogens with two attached hydrogens (primary N) is 1. The molecule has 2 atom stereocenters. The summed E-state index contributed by atoms with van der Waals surface area (Å²) in [6, 6.07) is -0.117. The minimum atomic E-state index is -0.206. The Bertz CT molecular complexity index is 656. The SMILES string of the molecule is C=C(/C=C\C=C(/C)COC/C=C(\F)C[C@H](C)C1=N/C=C\[C@H](N)C/N=C\1)CC. The first-order valence-electron chi connectivity index (χ1n) is 9.36. The number of halogens is 1. The molecule has 0 radical (unpaired) electrons. The van der Waals surface area contributed by atoms with E-state index in [-0.39, 0.29) is 30.8 Å². The van der Waals surface area contributed by atoms with Crippen molar-refractivity contribution in [2.24, 2.45) is 21.6 Å². The monoisotopic (exact) mass is 373 g/mol. The van der Waals surface area contributed by atoms with Crippen molar-refractivity contribution in [2.75, 3.05) is 19.8 Å². The lowest BCUT2D eigenvalue weighted by atomic mass is 10.0. The number of aliphatic imine (C=N–C) groups is 2. The second kappa shape index (κ2) is 13.1. The van der Waals surface area contributed by atoms with E-state index in [1.807, 2.05) is 32.1 Å². The van der Waals surface area contributed by atoms with E-state index < -0.39 is 0 Å². The van der Waals surface area contributed by atoms with Gasteiger partial charge in [0.2, 0.25) is 0 Å². The van der Waals surface area contributed by atoms with Crippen molar-refractivity contribution >= 4 is 11.9 Å². The number of nitrogens with zero attached hydrogens (tertiary/aromatic N) is 2. The van der Waals surface area contributed by atoms with Gasteiger partial charge in [0, 0.05) is 30.8 Å². The second-order valence-corrected chi connectivity index (χ2v) is 6.71. The molecule has 0 aromatic rings. The van der Waals surface area contributed by atoms with Crippen LogP contribution in [0.1, 0.15) is 33.6 Å². The number of allylic oxidation sites excluding steroid dienone is 5. The van der Waals surface area contributed by atoms with Gasteiger partial charge in [-0.3, -0.25) is 9.98 Å². The Morgan fingerprint density at radius 3 is 3.04 bits per heavy atom. The third-order valence-corrected chi connectivity index (χ3v) is 4.02. The molecule has 0 spiro atoms. The van der Waals surface area contributed by atoms with Crippen LogP contribution < -0.4 is 5.73 Å². The molecule has 2 N–H and O–H groups in total. The van der Waals surface area contributed by atoms with Gasteiger partial charge in [-0.2, -0.15) is 0 Å². The Kier molecular flexibility index (Phi) is 11.1. The van der Waals surface area contributed by atoms with Gasteiger partial charge in [-0.1, -0.05) is 44.2 Å². The maximum Gasteiger partial charge on any atom is 0.0989 e. The molecule has 0 bridgehead atoms. The quantitative estimate of drug-likeness (QED) is 0.445. The summed E-state index contributed by atoms with van der Waals surface area (Å²) in [7, 11) is 0. The maximum absolute atomic E-state index is 14.1. The molecule has 0 fully saturated rings. The van der Waals surface area contributed by atoms with E-state index in [0.717, 1.165) is 23.3 Å². The zero-order valence-electron chi connectivity index (χ0n) is 16.7. The Labute approximate surface area is 162 Å². The Balaban J connectivity index is 2.41. The summed E-state index contributed by atoms with van der Waals surface area (Å²) in [4.78, 5) is 8.56. The highest BCUT2D eigenvalue weighted by molar-refractivity contribution is 6.31. The van der Waals surface area contributed by atoms with Crippen molar-refractivity contribution in [3.8, 4) is 0 Å². The molecule has 0 saturated heterocycles. The predicted molar refractivity (Wildman–Crippen MR) is 114 cm³/mol. The Morgan fingerprint density at radius 2 is 2.30 bits per heavy atom. The van der Waals surface area contributed by atoms with Crippen LogP contribution in [0.25, 0.3) is 0 Å². The molecule has 0 saturated carbocycles. The molecular formula is C22H32FN3O. The van der Waals surface area contributed by atoms with Gasteiger partial charge >= 0.3 is 0 Å². The van der Waals surface area contributed by atoms with E-state index in [9.17, 15) is 4.39 Å². The van der Waals surface area contributed by atoms with Crippen molar-refractivity contribution in [1.29, 1.82) is 0 Å². The highest BCUT2D eigenvalue weighted by Crippen LogP contribution is 2.15. The highest BCUT2D eigenvalue weighted by Gasteiger charge is 2.12. The zero-order valence-corrected chi connectivity index (χ0v) is 16.7. The number of hydrogen-bond donors (Lipinski definition) is 1. The predicted octanol–water partition coefficient (Wildman–Crippen LogP) is 4.72. The van der Waals surface area contributed by atoms with E-state index in [1.165, 1.54) is 6.08 Å². The summed E-state index contributed by atoms with van der Waals surface area (Å²) in [6.07, 6.45) is 13.8. The fraction of sp³-hybridized carbons (Fsp3) is 0.455. The van der Waals surface area contributed by atoms with E-state index >= 15 is 0 Å². The van der Waals surface area contributed by atoms with Crippen LogP contribution in [0.15, 0.2) is 70.1 Å². The van der Waals surface area contributed by atoms with E-state index in [4.69, 9.17) is 10.5 Å². The van der Waals surface area contributed by atoms with Gasteiger partial charge in [0.1, 0.15) is 0 Å². The van der Waals surface area contributed by atoms with Gasteiger partial charge < -0.3 is 10.5 Å². The van der Waals surface area contributed by atoms with Crippen LogP contribution in [0.3, 0.4) is 0 Å². The molecule has 5 heteroatoms. The minimum absolute atomic E-state index is 0.0672. The fourth-order valence-corrected chi connectivity index (χ4v) is 2.22. The first-order chi connectivity index (χ1) is 12.9. The molecule has 4 nitrogen and oxygen atoms in total. The maximum atomic E-state index is 14.1.